The van der Waals surface area contributed by atoms with Gasteiger partial charge in [0.05, 0.1) is 11.4 Å². The summed E-state index contributed by atoms with van der Waals surface area (Å²) in [6, 6.07) is 0.154. The van der Waals surface area contributed by atoms with E-state index in [0.29, 0.717) is 13.1 Å². The number of rotatable bonds is 5. The molecule has 2 aliphatic heterocycles. The summed E-state index contributed by atoms with van der Waals surface area (Å²) in [5.41, 5.74) is -0.220. The first kappa shape index (κ1) is 17.7. The fraction of sp³-hybridized carbons (Fsp3) is 0.929. The molecule has 0 aromatic rings. The van der Waals surface area contributed by atoms with E-state index >= 15 is 0 Å². The molecular weight excluding hydrogens is 306 g/mol. The molecule has 2 aliphatic rings. The molecule has 0 radical (unpaired) electrons. The third-order valence-electron chi connectivity index (χ3n) is 4.76. The molecule has 1 atom stereocenters. The fourth-order valence-corrected chi connectivity index (χ4v) is 3.74. The second-order valence-electron chi connectivity index (χ2n) is 6.36. The van der Waals surface area contributed by atoms with E-state index in [2.05, 4.69) is 9.62 Å². The molecule has 7 nitrogen and oxygen atoms in total. The molecule has 2 heterocycles. The Morgan fingerprint density at radius 2 is 2.00 bits per heavy atom. The van der Waals surface area contributed by atoms with Gasteiger partial charge in [-0.05, 0) is 26.7 Å². The van der Waals surface area contributed by atoms with E-state index in [1.54, 1.807) is 11.8 Å². The third-order valence-corrected chi connectivity index (χ3v) is 6.13. The minimum absolute atomic E-state index is 0.0374. The summed E-state index contributed by atoms with van der Waals surface area (Å²) >= 11 is 0. The molecule has 128 valence electrons. The number of carbonyl (C=O) groups excluding carboxylic acids is 1. The van der Waals surface area contributed by atoms with Crippen LogP contribution in [-0.2, 0) is 19.6 Å². The van der Waals surface area contributed by atoms with Gasteiger partial charge in [0, 0.05) is 39.3 Å². The number of carbonyl (C=O) groups is 1. The number of hydrogen-bond acceptors (Lipinski definition) is 5. The van der Waals surface area contributed by atoms with Crippen LogP contribution in [0.1, 0.15) is 26.7 Å². The van der Waals surface area contributed by atoms with Crippen LogP contribution in [0, 0.1) is 0 Å². The highest BCUT2D eigenvalue weighted by Crippen LogP contribution is 2.30. The minimum atomic E-state index is -3.14. The van der Waals surface area contributed by atoms with Gasteiger partial charge in [0.1, 0.15) is 6.61 Å². The first-order valence-electron chi connectivity index (χ1n) is 7.86. The Hall–Kier alpha value is -0.700. The van der Waals surface area contributed by atoms with Gasteiger partial charge in [-0.2, -0.15) is 0 Å². The van der Waals surface area contributed by atoms with Gasteiger partial charge >= 0.3 is 0 Å². The molecule has 2 saturated heterocycles. The van der Waals surface area contributed by atoms with Crippen molar-refractivity contribution in [1.82, 2.24) is 14.5 Å². The van der Waals surface area contributed by atoms with E-state index in [-0.39, 0.29) is 29.9 Å². The predicted octanol–water partition coefficient (Wildman–Crippen LogP) is -0.363. The Morgan fingerprint density at radius 3 is 2.55 bits per heavy atom. The van der Waals surface area contributed by atoms with Crippen LogP contribution in [0.15, 0.2) is 0 Å². The van der Waals surface area contributed by atoms with Crippen molar-refractivity contribution >= 4 is 15.9 Å². The van der Waals surface area contributed by atoms with Gasteiger partial charge < -0.3 is 9.64 Å². The summed E-state index contributed by atoms with van der Waals surface area (Å²) in [6.45, 7) is 6.64. The molecule has 2 fully saturated rings. The lowest BCUT2D eigenvalue weighted by atomic mass is 9.89. The molecule has 0 aromatic carbocycles. The molecule has 0 bridgehead atoms. The summed E-state index contributed by atoms with van der Waals surface area (Å²) in [6.07, 6.45) is 1.74. The standard InChI is InChI=1S/C14H27N3O4S/c1-4-22(19,20)15-9-12(2)17-7-5-14(6-8-17)11-16(3)13(18)10-21-14/h12,15H,4-11H2,1-3H3. The first-order chi connectivity index (χ1) is 10.3. The average Bonchev–Trinajstić information content (AvgIpc) is 2.50. The highest BCUT2D eigenvalue weighted by Gasteiger charge is 2.41. The Bertz CT molecular complexity index is 500. The maximum atomic E-state index is 11.5. The van der Waals surface area contributed by atoms with Crippen molar-refractivity contribution in [2.24, 2.45) is 0 Å². The van der Waals surface area contributed by atoms with Gasteiger partial charge in [-0.25, -0.2) is 13.1 Å². The van der Waals surface area contributed by atoms with E-state index in [1.807, 2.05) is 14.0 Å². The van der Waals surface area contributed by atoms with Crippen molar-refractivity contribution in [1.29, 1.82) is 0 Å². The monoisotopic (exact) mass is 333 g/mol. The zero-order chi connectivity index (χ0) is 16.4. The van der Waals surface area contributed by atoms with Crippen LogP contribution in [0.5, 0.6) is 0 Å². The van der Waals surface area contributed by atoms with E-state index in [0.717, 1.165) is 25.9 Å². The van der Waals surface area contributed by atoms with Gasteiger partial charge in [-0.15, -0.1) is 0 Å². The maximum Gasteiger partial charge on any atom is 0.248 e. The molecule has 1 unspecified atom stereocenters. The zero-order valence-corrected chi connectivity index (χ0v) is 14.5. The number of ether oxygens (including phenoxy) is 1. The van der Waals surface area contributed by atoms with Gasteiger partial charge in [0.25, 0.3) is 0 Å². The highest BCUT2D eigenvalue weighted by molar-refractivity contribution is 7.89. The second kappa shape index (κ2) is 6.82. The Balaban J connectivity index is 1.83. The zero-order valence-electron chi connectivity index (χ0n) is 13.7. The molecule has 22 heavy (non-hydrogen) atoms. The van der Waals surface area contributed by atoms with E-state index < -0.39 is 10.0 Å². The number of sulfonamides is 1. The highest BCUT2D eigenvalue weighted by atomic mass is 32.2. The number of likely N-dealkylation sites (N-methyl/N-ethyl adjacent to an activating group) is 1. The van der Waals surface area contributed by atoms with Crippen molar-refractivity contribution in [3.63, 3.8) is 0 Å². The molecule has 1 spiro atoms. The van der Waals surface area contributed by atoms with Crippen molar-refractivity contribution in [2.75, 3.05) is 45.6 Å². The number of piperidine rings is 1. The van der Waals surface area contributed by atoms with E-state index in [1.165, 1.54) is 0 Å². The molecule has 0 aromatic heterocycles. The average molecular weight is 333 g/mol. The van der Waals surface area contributed by atoms with Crippen LogP contribution < -0.4 is 4.72 Å². The maximum absolute atomic E-state index is 11.5. The summed E-state index contributed by atoms with van der Waals surface area (Å²) in [5.74, 6) is 0.146. The molecule has 2 rings (SSSR count). The van der Waals surface area contributed by atoms with Crippen molar-refractivity contribution < 1.29 is 17.9 Å². The Labute approximate surface area is 133 Å². The van der Waals surface area contributed by atoms with Crippen LogP contribution >= 0.6 is 0 Å². The van der Waals surface area contributed by atoms with Crippen LogP contribution in [0.25, 0.3) is 0 Å². The lowest BCUT2D eigenvalue weighted by Crippen LogP contribution is -2.59. The molecule has 1 amide bonds. The fourth-order valence-electron chi connectivity index (χ4n) is 3.04. The van der Waals surface area contributed by atoms with Gasteiger partial charge in [0.2, 0.25) is 15.9 Å². The Kier molecular flexibility index (Phi) is 5.47. The summed E-state index contributed by atoms with van der Waals surface area (Å²) in [5, 5.41) is 0. The number of morpholine rings is 1. The van der Waals surface area contributed by atoms with Crippen LogP contribution in [0.2, 0.25) is 0 Å². The Morgan fingerprint density at radius 1 is 1.36 bits per heavy atom. The summed E-state index contributed by atoms with van der Waals surface area (Å²) < 4.78 is 31.5. The van der Waals surface area contributed by atoms with E-state index in [4.69, 9.17) is 4.74 Å². The smallest absolute Gasteiger partial charge is 0.248 e. The van der Waals surface area contributed by atoms with Crippen molar-refractivity contribution in [3.05, 3.63) is 0 Å². The summed E-state index contributed by atoms with van der Waals surface area (Å²) in [7, 11) is -1.32. The topological polar surface area (TPSA) is 79.0 Å². The van der Waals surface area contributed by atoms with E-state index in [9.17, 15) is 13.2 Å². The third kappa shape index (κ3) is 4.18. The molecule has 0 aliphatic carbocycles. The second-order valence-corrected chi connectivity index (χ2v) is 8.45. The van der Waals surface area contributed by atoms with Gasteiger partial charge in [-0.3, -0.25) is 9.69 Å². The lowest BCUT2D eigenvalue weighted by molar-refractivity contribution is -0.169. The number of amides is 1. The van der Waals surface area contributed by atoms with Gasteiger partial charge in [0.15, 0.2) is 0 Å². The number of nitrogens with one attached hydrogen (secondary N) is 1. The minimum Gasteiger partial charge on any atom is -0.363 e. The number of hydrogen-bond donors (Lipinski definition) is 1. The predicted molar refractivity (Wildman–Crippen MR) is 84.1 cm³/mol. The van der Waals surface area contributed by atoms with Gasteiger partial charge in [-0.1, -0.05) is 0 Å². The molecule has 1 N–H and O–H groups in total. The molecule has 0 saturated carbocycles. The van der Waals surface area contributed by atoms with Crippen LogP contribution in [0.4, 0.5) is 0 Å². The van der Waals surface area contributed by atoms with Crippen molar-refractivity contribution in [3.8, 4) is 0 Å². The lowest BCUT2D eigenvalue weighted by Gasteiger charge is -2.47. The molecule has 8 heteroatoms. The van der Waals surface area contributed by atoms with Crippen molar-refractivity contribution in [2.45, 2.75) is 38.3 Å². The number of likely N-dealkylation sites (tertiary alicyclic amines) is 1. The van der Waals surface area contributed by atoms with Crippen LogP contribution in [-0.4, -0.2) is 81.4 Å². The first-order valence-corrected chi connectivity index (χ1v) is 9.51. The quantitative estimate of drug-likeness (QED) is 0.743. The summed E-state index contributed by atoms with van der Waals surface area (Å²) in [4.78, 5) is 15.6. The SMILES string of the molecule is CCS(=O)(=O)NCC(C)N1CCC2(CC1)CN(C)C(=O)CO2. The number of nitrogens with zero attached hydrogens (tertiary/aromatic N) is 2. The van der Waals surface area contributed by atoms with Crippen LogP contribution in [0.3, 0.4) is 0 Å². The molecular formula is C14H27N3O4S. The largest absolute Gasteiger partial charge is 0.363 e. The normalized spacial score (nSPS) is 24.7.